The third-order valence-electron chi connectivity index (χ3n) is 5.47. The number of aryl methyl sites for hydroxylation is 2. The fraction of sp³-hybridized carbons (Fsp3) is 0.440. The van der Waals surface area contributed by atoms with Gasteiger partial charge in [0.05, 0.1) is 0 Å². The maximum absolute atomic E-state index is 13.1. The Morgan fingerprint density at radius 1 is 1.00 bits per heavy atom. The number of carbonyl (C=O) groups excluding carboxylic acids is 2. The van der Waals surface area contributed by atoms with Crippen LogP contribution in [0.5, 0.6) is 0 Å². The third-order valence-corrected chi connectivity index (χ3v) is 5.70. The Kier molecular flexibility index (Phi) is 9.38. The van der Waals surface area contributed by atoms with Crippen LogP contribution in [0.25, 0.3) is 0 Å². The summed E-state index contributed by atoms with van der Waals surface area (Å²) in [5.41, 5.74) is 3.31. The van der Waals surface area contributed by atoms with Crippen LogP contribution in [0.4, 0.5) is 0 Å². The number of nitrogens with zero attached hydrogens (tertiary/aromatic N) is 1. The summed E-state index contributed by atoms with van der Waals surface area (Å²) in [4.78, 5) is 27.5. The molecule has 0 spiro atoms. The molecule has 0 aromatic heterocycles. The molecule has 4 nitrogen and oxygen atoms in total. The number of amides is 2. The topological polar surface area (TPSA) is 49.4 Å². The number of nitrogens with one attached hydrogen (secondary N) is 1. The molecule has 162 valence electrons. The number of carbonyl (C=O) groups is 2. The Morgan fingerprint density at radius 3 is 2.27 bits per heavy atom. The second-order valence-corrected chi connectivity index (χ2v) is 8.25. The van der Waals surface area contributed by atoms with Gasteiger partial charge in [-0.1, -0.05) is 61.8 Å². The highest BCUT2D eigenvalue weighted by atomic mass is 35.5. The van der Waals surface area contributed by atoms with Gasteiger partial charge in [0.1, 0.15) is 6.04 Å². The van der Waals surface area contributed by atoms with Crippen LogP contribution in [0.1, 0.15) is 57.2 Å². The van der Waals surface area contributed by atoms with Crippen molar-refractivity contribution in [2.45, 2.75) is 72.0 Å². The van der Waals surface area contributed by atoms with Crippen molar-refractivity contribution in [1.82, 2.24) is 10.2 Å². The Bertz CT molecular complexity index is 835. The van der Waals surface area contributed by atoms with E-state index in [2.05, 4.69) is 36.5 Å². The first-order chi connectivity index (χ1) is 14.3. The summed E-state index contributed by atoms with van der Waals surface area (Å²) in [5, 5.41) is 3.61. The van der Waals surface area contributed by atoms with Crippen molar-refractivity contribution in [3.63, 3.8) is 0 Å². The molecule has 0 aliphatic rings. The molecule has 2 rings (SSSR count). The van der Waals surface area contributed by atoms with Gasteiger partial charge in [0.2, 0.25) is 11.8 Å². The summed E-state index contributed by atoms with van der Waals surface area (Å²) in [7, 11) is 0. The van der Waals surface area contributed by atoms with E-state index in [0.29, 0.717) is 24.4 Å². The van der Waals surface area contributed by atoms with Gasteiger partial charge in [0.25, 0.3) is 0 Å². The summed E-state index contributed by atoms with van der Waals surface area (Å²) < 4.78 is 0. The molecule has 0 saturated carbocycles. The number of benzene rings is 2. The van der Waals surface area contributed by atoms with Crippen LogP contribution in [0, 0.1) is 0 Å². The van der Waals surface area contributed by atoms with Crippen LogP contribution in [-0.4, -0.2) is 28.8 Å². The molecule has 0 fully saturated rings. The van der Waals surface area contributed by atoms with Crippen LogP contribution >= 0.6 is 11.6 Å². The van der Waals surface area contributed by atoms with E-state index in [1.54, 1.807) is 17.9 Å². The van der Waals surface area contributed by atoms with Gasteiger partial charge in [-0.15, -0.1) is 0 Å². The van der Waals surface area contributed by atoms with Crippen LogP contribution in [0.3, 0.4) is 0 Å². The second-order valence-electron chi connectivity index (χ2n) is 7.82. The van der Waals surface area contributed by atoms with E-state index in [9.17, 15) is 9.59 Å². The van der Waals surface area contributed by atoms with E-state index in [-0.39, 0.29) is 17.9 Å². The number of hydrogen-bond donors (Lipinski definition) is 1. The second kappa shape index (κ2) is 11.8. The predicted molar refractivity (Wildman–Crippen MR) is 124 cm³/mol. The Balaban J connectivity index is 2.13. The zero-order chi connectivity index (χ0) is 22.1. The van der Waals surface area contributed by atoms with E-state index >= 15 is 0 Å². The molecule has 0 aliphatic carbocycles. The minimum Gasteiger partial charge on any atom is -0.352 e. The highest BCUT2D eigenvalue weighted by Gasteiger charge is 2.26. The van der Waals surface area contributed by atoms with Crippen molar-refractivity contribution in [3.05, 3.63) is 70.2 Å². The molecule has 2 aromatic carbocycles. The van der Waals surface area contributed by atoms with Crippen molar-refractivity contribution < 1.29 is 9.59 Å². The molecule has 1 N–H and O–H groups in total. The first-order valence-corrected chi connectivity index (χ1v) is 11.1. The fourth-order valence-electron chi connectivity index (χ4n) is 3.22. The lowest BCUT2D eigenvalue weighted by atomic mass is 10.0. The lowest BCUT2D eigenvalue weighted by molar-refractivity contribution is -0.140. The minimum absolute atomic E-state index is 0.0404. The molecular weight excluding hydrogens is 396 g/mol. The predicted octanol–water partition coefficient (Wildman–Crippen LogP) is 5.17. The molecule has 2 aromatic rings. The lowest BCUT2D eigenvalue weighted by Gasteiger charge is -2.30. The number of halogens is 1. The van der Waals surface area contributed by atoms with Crippen LogP contribution in [-0.2, 0) is 29.0 Å². The van der Waals surface area contributed by atoms with E-state index in [4.69, 9.17) is 11.6 Å². The van der Waals surface area contributed by atoms with E-state index < -0.39 is 6.04 Å². The molecule has 0 saturated heterocycles. The van der Waals surface area contributed by atoms with E-state index in [1.807, 2.05) is 32.0 Å². The summed E-state index contributed by atoms with van der Waals surface area (Å²) in [5.74, 6) is -0.173. The molecule has 0 bridgehead atoms. The Morgan fingerprint density at radius 2 is 1.67 bits per heavy atom. The van der Waals surface area contributed by atoms with Gasteiger partial charge < -0.3 is 10.2 Å². The molecule has 0 unspecified atom stereocenters. The van der Waals surface area contributed by atoms with Gasteiger partial charge in [0.15, 0.2) is 0 Å². The van der Waals surface area contributed by atoms with Gasteiger partial charge in [-0.2, -0.15) is 0 Å². The van der Waals surface area contributed by atoms with Gasteiger partial charge in [0, 0.05) is 24.0 Å². The van der Waals surface area contributed by atoms with Crippen LogP contribution in [0.15, 0.2) is 48.5 Å². The van der Waals surface area contributed by atoms with Crippen molar-refractivity contribution in [1.29, 1.82) is 0 Å². The fourth-order valence-corrected chi connectivity index (χ4v) is 3.43. The molecule has 2 atom stereocenters. The smallest absolute Gasteiger partial charge is 0.242 e. The average Bonchev–Trinajstić information content (AvgIpc) is 2.75. The molecule has 30 heavy (non-hydrogen) atoms. The highest BCUT2D eigenvalue weighted by Crippen LogP contribution is 2.17. The minimum atomic E-state index is -0.562. The van der Waals surface area contributed by atoms with Gasteiger partial charge in [-0.25, -0.2) is 0 Å². The van der Waals surface area contributed by atoms with Crippen LogP contribution in [0.2, 0.25) is 5.02 Å². The summed E-state index contributed by atoms with van der Waals surface area (Å²) >= 11 is 6.12. The van der Waals surface area contributed by atoms with Crippen molar-refractivity contribution in [2.24, 2.45) is 0 Å². The zero-order valence-electron chi connectivity index (χ0n) is 18.5. The lowest BCUT2D eigenvalue weighted by Crippen LogP contribution is -2.49. The molecular formula is C25H33ClN2O2. The van der Waals surface area contributed by atoms with E-state index in [0.717, 1.165) is 24.0 Å². The monoisotopic (exact) mass is 428 g/mol. The van der Waals surface area contributed by atoms with Gasteiger partial charge in [-0.3, -0.25) is 9.59 Å². The standard InChI is InChI=1S/C25H33ClN2O2/c1-5-18(3)27-25(30)19(4)28(17-22-8-7-9-23(26)16-22)24(29)15-14-21-12-10-20(6-2)11-13-21/h7-13,16,18-19H,5-6,14-15,17H2,1-4H3,(H,27,30)/t18-,19+/m0/s1. The Hall–Kier alpha value is -2.33. The summed E-state index contributed by atoms with van der Waals surface area (Å²) in [6.45, 7) is 8.25. The molecule has 0 heterocycles. The normalized spacial score (nSPS) is 12.8. The van der Waals surface area contributed by atoms with Gasteiger partial charge >= 0.3 is 0 Å². The maximum atomic E-state index is 13.1. The zero-order valence-corrected chi connectivity index (χ0v) is 19.2. The third kappa shape index (κ3) is 7.17. The van der Waals surface area contributed by atoms with Crippen LogP contribution < -0.4 is 5.32 Å². The molecule has 0 aliphatic heterocycles. The van der Waals surface area contributed by atoms with Crippen molar-refractivity contribution in [3.8, 4) is 0 Å². The van der Waals surface area contributed by atoms with Gasteiger partial charge in [-0.05, 0) is 61.9 Å². The SMILES string of the molecule is CCc1ccc(CCC(=O)N(Cc2cccc(Cl)c2)[C@H](C)C(=O)N[C@@H](C)CC)cc1. The van der Waals surface area contributed by atoms with Crippen molar-refractivity contribution >= 4 is 23.4 Å². The maximum Gasteiger partial charge on any atom is 0.242 e. The number of rotatable bonds is 10. The molecule has 2 amide bonds. The summed E-state index contributed by atoms with van der Waals surface area (Å²) in [6.07, 6.45) is 2.84. The first-order valence-electron chi connectivity index (χ1n) is 10.8. The quantitative estimate of drug-likeness (QED) is 0.567. The largest absolute Gasteiger partial charge is 0.352 e. The van der Waals surface area contributed by atoms with Crippen molar-refractivity contribution in [2.75, 3.05) is 0 Å². The molecule has 5 heteroatoms. The Labute approximate surface area is 185 Å². The molecule has 0 radical (unpaired) electrons. The summed E-state index contributed by atoms with van der Waals surface area (Å²) in [6, 6.07) is 15.3. The van der Waals surface area contributed by atoms with E-state index in [1.165, 1.54) is 5.56 Å². The highest BCUT2D eigenvalue weighted by molar-refractivity contribution is 6.30. The number of hydrogen-bond acceptors (Lipinski definition) is 2. The average molecular weight is 429 g/mol. The first kappa shape index (κ1) is 23.9.